The number of rotatable bonds is 2. The summed E-state index contributed by atoms with van der Waals surface area (Å²) in [6.45, 7) is 7.49. The highest BCUT2D eigenvalue weighted by atomic mass is 35.5. The lowest BCUT2D eigenvalue weighted by molar-refractivity contribution is 0.517. The summed E-state index contributed by atoms with van der Waals surface area (Å²) in [6.07, 6.45) is 2.67. The van der Waals surface area contributed by atoms with Gasteiger partial charge in [0.15, 0.2) is 0 Å². The quantitative estimate of drug-likeness (QED) is 0.847. The zero-order chi connectivity index (χ0) is 10.3. The van der Waals surface area contributed by atoms with Gasteiger partial charge in [-0.3, -0.25) is 0 Å². The van der Waals surface area contributed by atoms with Crippen LogP contribution in [0.2, 0.25) is 0 Å². The minimum atomic E-state index is 0. The molecule has 2 N–H and O–H groups in total. The van der Waals surface area contributed by atoms with E-state index in [0.717, 1.165) is 24.0 Å². The second-order valence-corrected chi connectivity index (χ2v) is 5.33. The highest BCUT2D eigenvalue weighted by Crippen LogP contribution is 2.32. The van der Waals surface area contributed by atoms with Crippen LogP contribution < -0.4 is 5.73 Å². The third-order valence-corrected chi connectivity index (χ3v) is 2.71. The van der Waals surface area contributed by atoms with Gasteiger partial charge in [0, 0.05) is 18.0 Å². The molecule has 3 nitrogen and oxygen atoms in total. The van der Waals surface area contributed by atoms with Crippen LogP contribution in [0.4, 0.5) is 5.82 Å². The Morgan fingerprint density at radius 3 is 2.47 bits per heavy atom. The van der Waals surface area contributed by atoms with Gasteiger partial charge in [-0.15, -0.1) is 12.4 Å². The number of hydrogen-bond acceptors (Lipinski definition) is 2. The van der Waals surface area contributed by atoms with Crippen molar-refractivity contribution in [1.29, 1.82) is 0 Å². The molecule has 0 saturated heterocycles. The van der Waals surface area contributed by atoms with Crippen LogP contribution in [0.3, 0.4) is 0 Å². The van der Waals surface area contributed by atoms with Gasteiger partial charge in [0.25, 0.3) is 0 Å². The van der Waals surface area contributed by atoms with Crippen molar-refractivity contribution in [1.82, 2.24) is 9.78 Å². The normalized spacial score (nSPS) is 16.2. The standard InChI is InChI=1S/C11H19N3.ClH/c1-11(2,3)9-6-10(12)14(13-9)7-8-4-5-8;/h6,8H,4-5,7,12H2,1-3H3;1H. The third-order valence-electron chi connectivity index (χ3n) is 2.71. The fourth-order valence-electron chi connectivity index (χ4n) is 1.49. The number of halogens is 1. The number of nitrogens with two attached hydrogens (primary N) is 1. The largest absolute Gasteiger partial charge is 0.384 e. The van der Waals surface area contributed by atoms with Gasteiger partial charge in [-0.2, -0.15) is 5.10 Å². The Bertz CT molecular complexity index is 334. The van der Waals surface area contributed by atoms with Crippen LogP contribution in [0.25, 0.3) is 0 Å². The number of anilines is 1. The molecule has 1 fully saturated rings. The summed E-state index contributed by atoms with van der Waals surface area (Å²) in [4.78, 5) is 0. The van der Waals surface area contributed by atoms with Gasteiger partial charge >= 0.3 is 0 Å². The van der Waals surface area contributed by atoms with Crippen LogP contribution in [-0.2, 0) is 12.0 Å². The van der Waals surface area contributed by atoms with Crippen molar-refractivity contribution in [3.63, 3.8) is 0 Å². The molecule has 0 atom stereocenters. The minimum absolute atomic E-state index is 0. The lowest BCUT2D eigenvalue weighted by atomic mass is 9.92. The molecule has 1 aliphatic rings. The van der Waals surface area contributed by atoms with E-state index in [1.165, 1.54) is 12.8 Å². The summed E-state index contributed by atoms with van der Waals surface area (Å²) in [6, 6.07) is 2.00. The molecule has 4 heteroatoms. The Kier molecular flexibility index (Phi) is 3.34. The Balaban J connectivity index is 0.00000112. The monoisotopic (exact) mass is 229 g/mol. The van der Waals surface area contributed by atoms with E-state index < -0.39 is 0 Å². The maximum absolute atomic E-state index is 5.91. The molecule has 1 heterocycles. The Labute approximate surface area is 97.4 Å². The van der Waals surface area contributed by atoms with E-state index in [2.05, 4.69) is 25.9 Å². The van der Waals surface area contributed by atoms with E-state index in [0.29, 0.717) is 0 Å². The van der Waals surface area contributed by atoms with Gasteiger partial charge in [-0.05, 0) is 18.8 Å². The number of nitrogens with zero attached hydrogens (tertiary/aromatic N) is 2. The Morgan fingerprint density at radius 1 is 1.47 bits per heavy atom. The van der Waals surface area contributed by atoms with Crippen molar-refractivity contribution in [2.24, 2.45) is 5.92 Å². The van der Waals surface area contributed by atoms with Gasteiger partial charge in [0.05, 0.1) is 5.69 Å². The molecule has 86 valence electrons. The topological polar surface area (TPSA) is 43.8 Å². The molecule has 0 amide bonds. The molecule has 0 unspecified atom stereocenters. The van der Waals surface area contributed by atoms with E-state index in [1.54, 1.807) is 0 Å². The van der Waals surface area contributed by atoms with Gasteiger partial charge in [-0.25, -0.2) is 4.68 Å². The lowest BCUT2D eigenvalue weighted by Gasteiger charge is -2.14. The first-order chi connectivity index (χ1) is 6.47. The predicted molar refractivity (Wildman–Crippen MR) is 65.3 cm³/mol. The fraction of sp³-hybridized carbons (Fsp3) is 0.727. The van der Waals surface area contributed by atoms with E-state index in [9.17, 15) is 0 Å². The molecular weight excluding hydrogens is 210 g/mol. The van der Waals surface area contributed by atoms with Crippen molar-refractivity contribution < 1.29 is 0 Å². The molecule has 0 aromatic carbocycles. The van der Waals surface area contributed by atoms with E-state index >= 15 is 0 Å². The average molecular weight is 230 g/mol. The molecule has 0 spiro atoms. The zero-order valence-electron chi connectivity index (χ0n) is 9.66. The van der Waals surface area contributed by atoms with E-state index in [4.69, 9.17) is 5.73 Å². The molecule has 0 aliphatic heterocycles. The van der Waals surface area contributed by atoms with Gasteiger partial charge < -0.3 is 5.73 Å². The van der Waals surface area contributed by atoms with E-state index in [-0.39, 0.29) is 17.8 Å². The Hall–Kier alpha value is -0.700. The highest BCUT2D eigenvalue weighted by molar-refractivity contribution is 5.85. The minimum Gasteiger partial charge on any atom is -0.384 e. The summed E-state index contributed by atoms with van der Waals surface area (Å²) >= 11 is 0. The summed E-state index contributed by atoms with van der Waals surface area (Å²) in [5.41, 5.74) is 7.11. The first-order valence-corrected chi connectivity index (χ1v) is 5.30. The molecule has 2 rings (SSSR count). The summed E-state index contributed by atoms with van der Waals surface area (Å²) < 4.78 is 1.96. The first kappa shape index (κ1) is 12.4. The summed E-state index contributed by atoms with van der Waals surface area (Å²) in [5.74, 6) is 1.63. The van der Waals surface area contributed by atoms with Crippen LogP contribution in [0.15, 0.2) is 6.07 Å². The summed E-state index contributed by atoms with van der Waals surface area (Å²) in [7, 11) is 0. The van der Waals surface area contributed by atoms with Crippen molar-refractivity contribution in [2.75, 3.05) is 5.73 Å². The SMILES string of the molecule is CC(C)(C)c1cc(N)n(CC2CC2)n1.Cl. The fourth-order valence-corrected chi connectivity index (χ4v) is 1.49. The third kappa shape index (κ3) is 2.88. The van der Waals surface area contributed by atoms with E-state index in [1.807, 2.05) is 10.7 Å². The molecule has 0 radical (unpaired) electrons. The van der Waals surface area contributed by atoms with Crippen LogP contribution in [0.1, 0.15) is 39.3 Å². The van der Waals surface area contributed by atoms with Gasteiger partial charge in [-0.1, -0.05) is 20.8 Å². The van der Waals surface area contributed by atoms with Crippen molar-refractivity contribution in [2.45, 2.75) is 45.6 Å². The molecule has 1 aromatic heterocycles. The molecule has 15 heavy (non-hydrogen) atoms. The van der Waals surface area contributed by atoms with Gasteiger partial charge in [0.2, 0.25) is 0 Å². The average Bonchev–Trinajstić information content (AvgIpc) is 2.76. The number of hydrogen-bond donors (Lipinski definition) is 1. The smallest absolute Gasteiger partial charge is 0.121 e. The van der Waals surface area contributed by atoms with Crippen molar-refractivity contribution in [3.05, 3.63) is 11.8 Å². The number of aromatic nitrogens is 2. The number of nitrogen functional groups attached to an aromatic ring is 1. The first-order valence-electron chi connectivity index (χ1n) is 5.30. The molecule has 1 aromatic rings. The van der Waals surface area contributed by atoms with Crippen LogP contribution >= 0.6 is 12.4 Å². The van der Waals surface area contributed by atoms with Crippen LogP contribution in [0.5, 0.6) is 0 Å². The Morgan fingerprint density at radius 2 is 2.07 bits per heavy atom. The van der Waals surface area contributed by atoms with Crippen molar-refractivity contribution in [3.8, 4) is 0 Å². The second kappa shape index (κ2) is 4.05. The summed E-state index contributed by atoms with van der Waals surface area (Å²) in [5, 5.41) is 4.55. The van der Waals surface area contributed by atoms with Crippen LogP contribution in [-0.4, -0.2) is 9.78 Å². The lowest BCUT2D eigenvalue weighted by Crippen LogP contribution is -2.13. The predicted octanol–water partition coefficient (Wildman–Crippen LogP) is 2.59. The zero-order valence-corrected chi connectivity index (χ0v) is 10.5. The maximum Gasteiger partial charge on any atom is 0.121 e. The van der Waals surface area contributed by atoms with Gasteiger partial charge in [0.1, 0.15) is 5.82 Å². The second-order valence-electron chi connectivity index (χ2n) is 5.33. The van der Waals surface area contributed by atoms with Crippen molar-refractivity contribution >= 4 is 18.2 Å². The maximum atomic E-state index is 5.91. The molecule has 1 saturated carbocycles. The molecular formula is C11H20ClN3. The highest BCUT2D eigenvalue weighted by Gasteiger charge is 2.25. The molecule has 1 aliphatic carbocycles. The molecule has 0 bridgehead atoms. The van der Waals surface area contributed by atoms with Crippen LogP contribution in [0, 0.1) is 5.92 Å².